The Kier molecular flexibility index (Phi) is 4.28. The van der Waals surface area contributed by atoms with Crippen LogP contribution in [0.5, 0.6) is 0 Å². The highest BCUT2D eigenvalue weighted by Gasteiger charge is 2.37. The molecule has 1 fully saturated rings. The number of urea groups is 1. The second-order valence-electron chi connectivity index (χ2n) is 7.48. The zero-order valence-corrected chi connectivity index (χ0v) is 15.9. The van der Waals surface area contributed by atoms with Gasteiger partial charge in [0, 0.05) is 18.8 Å². The minimum atomic E-state index is -0.550. The van der Waals surface area contributed by atoms with E-state index < -0.39 is 12.1 Å². The highest BCUT2D eigenvalue weighted by Crippen LogP contribution is 2.25. The first kappa shape index (κ1) is 17.5. The van der Waals surface area contributed by atoms with Crippen LogP contribution in [0.3, 0.4) is 0 Å². The van der Waals surface area contributed by atoms with Crippen molar-refractivity contribution in [3.05, 3.63) is 84.1 Å². The fourth-order valence-corrected chi connectivity index (χ4v) is 3.97. The van der Waals surface area contributed by atoms with Crippen LogP contribution in [0.25, 0.3) is 21.9 Å². The summed E-state index contributed by atoms with van der Waals surface area (Å²) in [5.41, 5.74) is 4.56. The molecule has 3 aromatic carbocycles. The van der Waals surface area contributed by atoms with Crippen molar-refractivity contribution in [2.45, 2.75) is 12.5 Å². The molecule has 0 radical (unpaired) electrons. The average molecular weight is 383 g/mol. The first-order valence-electron chi connectivity index (χ1n) is 9.82. The van der Waals surface area contributed by atoms with Gasteiger partial charge in [-0.1, -0.05) is 60.7 Å². The van der Waals surface area contributed by atoms with Crippen LogP contribution in [0.15, 0.2) is 78.5 Å². The van der Waals surface area contributed by atoms with E-state index in [1.165, 1.54) is 27.5 Å². The lowest BCUT2D eigenvalue weighted by Crippen LogP contribution is -2.45. The summed E-state index contributed by atoms with van der Waals surface area (Å²) in [6, 6.07) is 22.6. The number of amides is 3. The number of carbonyl (C=O) groups excluding carboxylic acids is 2. The monoisotopic (exact) mass is 383 g/mol. The molecule has 2 aliphatic rings. The standard InChI is InChI=1S/C24H21N3O2/c28-23-22(25-24(29)26-23)21-12-14-27(21)13-11-16-5-7-18(8-6-16)20-10-9-17-3-1-2-4-19(17)15-20/h1-10,12,15,22H,11,13-14H2,(H2,25,26,28,29). The van der Waals surface area contributed by atoms with E-state index in [0.717, 1.165) is 25.2 Å². The minimum absolute atomic E-state index is 0.273. The van der Waals surface area contributed by atoms with Gasteiger partial charge in [-0.2, -0.15) is 0 Å². The van der Waals surface area contributed by atoms with Crippen LogP contribution in [0.4, 0.5) is 4.79 Å². The molecule has 0 saturated carbocycles. The van der Waals surface area contributed by atoms with Crippen molar-refractivity contribution >= 4 is 22.7 Å². The normalized spacial score (nSPS) is 18.3. The Morgan fingerprint density at radius 2 is 1.66 bits per heavy atom. The third-order valence-corrected chi connectivity index (χ3v) is 5.66. The Morgan fingerprint density at radius 3 is 2.34 bits per heavy atom. The van der Waals surface area contributed by atoms with Gasteiger partial charge in [0.2, 0.25) is 0 Å². The molecule has 1 unspecified atom stereocenters. The van der Waals surface area contributed by atoms with Gasteiger partial charge in [-0.05, 0) is 46.0 Å². The SMILES string of the molecule is O=C1NC(=O)C(C2=CCN2CCc2ccc(-c3ccc4ccccc4c3)cc2)N1. The summed E-state index contributed by atoms with van der Waals surface area (Å²) >= 11 is 0. The summed E-state index contributed by atoms with van der Waals surface area (Å²) in [6.45, 7) is 1.63. The van der Waals surface area contributed by atoms with Crippen LogP contribution in [0.2, 0.25) is 0 Å². The molecule has 2 heterocycles. The number of hydrogen-bond acceptors (Lipinski definition) is 3. The number of carbonyl (C=O) groups is 2. The van der Waals surface area contributed by atoms with Gasteiger partial charge in [0.25, 0.3) is 5.91 Å². The lowest BCUT2D eigenvalue weighted by atomic mass is 9.99. The third kappa shape index (κ3) is 3.36. The molecule has 5 heteroatoms. The second-order valence-corrected chi connectivity index (χ2v) is 7.48. The van der Waals surface area contributed by atoms with Crippen LogP contribution in [0.1, 0.15) is 5.56 Å². The molecule has 5 nitrogen and oxygen atoms in total. The van der Waals surface area contributed by atoms with Crippen molar-refractivity contribution in [2.24, 2.45) is 0 Å². The maximum Gasteiger partial charge on any atom is 0.322 e. The van der Waals surface area contributed by atoms with Gasteiger partial charge in [-0.25, -0.2) is 4.79 Å². The first-order valence-corrected chi connectivity index (χ1v) is 9.82. The lowest BCUT2D eigenvalue weighted by Gasteiger charge is -2.36. The van der Waals surface area contributed by atoms with Crippen LogP contribution < -0.4 is 10.6 Å². The molecular weight excluding hydrogens is 362 g/mol. The molecule has 3 aromatic rings. The second kappa shape index (κ2) is 7.09. The number of rotatable bonds is 5. The van der Waals surface area contributed by atoms with Gasteiger partial charge >= 0.3 is 6.03 Å². The van der Waals surface area contributed by atoms with Gasteiger partial charge in [0.05, 0.1) is 0 Å². The summed E-state index contributed by atoms with van der Waals surface area (Å²) in [7, 11) is 0. The van der Waals surface area contributed by atoms with E-state index in [9.17, 15) is 9.59 Å². The fraction of sp³-hybridized carbons (Fsp3) is 0.167. The smallest absolute Gasteiger partial charge is 0.322 e. The maximum absolute atomic E-state index is 11.8. The Morgan fingerprint density at radius 1 is 0.897 bits per heavy atom. The van der Waals surface area contributed by atoms with E-state index in [1.807, 2.05) is 6.08 Å². The molecule has 0 spiro atoms. The molecule has 1 saturated heterocycles. The Balaban J connectivity index is 1.23. The van der Waals surface area contributed by atoms with Crippen molar-refractivity contribution < 1.29 is 9.59 Å². The van der Waals surface area contributed by atoms with E-state index in [4.69, 9.17) is 0 Å². The van der Waals surface area contributed by atoms with E-state index in [0.29, 0.717) is 0 Å². The lowest BCUT2D eigenvalue weighted by molar-refractivity contribution is -0.119. The molecule has 2 N–H and O–H groups in total. The van der Waals surface area contributed by atoms with Crippen LogP contribution in [-0.2, 0) is 11.2 Å². The Bertz CT molecular complexity index is 1130. The molecule has 144 valence electrons. The average Bonchev–Trinajstić information content (AvgIpc) is 3.05. The zero-order chi connectivity index (χ0) is 19.8. The molecule has 0 bridgehead atoms. The number of nitrogens with zero attached hydrogens (tertiary/aromatic N) is 1. The van der Waals surface area contributed by atoms with Gasteiger partial charge < -0.3 is 10.2 Å². The van der Waals surface area contributed by atoms with Gasteiger partial charge in [0.1, 0.15) is 6.04 Å². The summed E-state index contributed by atoms with van der Waals surface area (Å²) in [5.74, 6) is -0.273. The molecule has 0 aliphatic carbocycles. The predicted octanol–water partition coefficient (Wildman–Crippen LogP) is 3.46. The van der Waals surface area contributed by atoms with Crippen molar-refractivity contribution in [3.8, 4) is 11.1 Å². The topological polar surface area (TPSA) is 61.4 Å². The molecule has 29 heavy (non-hydrogen) atoms. The molecule has 5 rings (SSSR count). The van der Waals surface area contributed by atoms with Gasteiger partial charge in [-0.3, -0.25) is 10.1 Å². The van der Waals surface area contributed by atoms with Crippen LogP contribution in [0, 0.1) is 0 Å². The zero-order valence-electron chi connectivity index (χ0n) is 15.9. The fourth-order valence-electron chi connectivity index (χ4n) is 3.97. The largest absolute Gasteiger partial charge is 0.369 e. The maximum atomic E-state index is 11.8. The van der Waals surface area contributed by atoms with Crippen molar-refractivity contribution in [1.29, 1.82) is 0 Å². The number of benzene rings is 3. The molecule has 3 amide bonds. The quantitative estimate of drug-likeness (QED) is 0.664. The van der Waals surface area contributed by atoms with Crippen LogP contribution in [-0.4, -0.2) is 36.0 Å². The summed E-state index contributed by atoms with van der Waals surface area (Å²) in [5, 5.41) is 7.44. The molecule has 0 aromatic heterocycles. The van der Waals surface area contributed by atoms with E-state index in [1.54, 1.807) is 0 Å². The highest BCUT2D eigenvalue weighted by molar-refractivity contribution is 6.05. The third-order valence-electron chi connectivity index (χ3n) is 5.66. The summed E-state index contributed by atoms with van der Waals surface area (Å²) in [4.78, 5) is 25.3. The number of imide groups is 1. The molecule has 2 aliphatic heterocycles. The molecule has 1 atom stereocenters. The number of hydrogen-bond donors (Lipinski definition) is 2. The molecular formula is C24H21N3O2. The van der Waals surface area contributed by atoms with Crippen molar-refractivity contribution in [3.63, 3.8) is 0 Å². The Hall–Kier alpha value is -3.60. The van der Waals surface area contributed by atoms with Crippen LogP contribution >= 0.6 is 0 Å². The predicted molar refractivity (Wildman–Crippen MR) is 113 cm³/mol. The minimum Gasteiger partial charge on any atom is -0.369 e. The number of nitrogens with one attached hydrogen (secondary N) is 2. The highest BCUT2D eigenvalue weighted by atomic mass is 16.2. The number of fused-ring (bicyclic) bond motifs is 1. The van der Waals surface area contributed by atoms with E-state index >= 15 is 0 Å². The first-order chi connectivity index (χ1) is 14.2. The van der Waals surface area contributed by atoms with Crippen molar-refractivity contribution in [2.75, 3.05) is 13.1 Å². The van der Waals surface area contributed by atoms with Gasteiger partial charge in [-0.15, -0.1) is 0 Å². The summed E-state index contributed by atoms with van der Waals surface area (Å²) < 4.78 is 0. The Labute approximate surface area is 169 Å². The van der Waals surface area contributed by atoms with Crippen molar-refractivity contribution in [1.82, 2.24) is 15.5 Å². The van der Waals surface area contributed by atoms with E-state index in [2.05, 4.69) is 82.3 Å². The summed E-state index contributed by atoms with van der Waals surface area (Å²) in [6.07, 6.45) is 2.89. The van der Waals surface area contributed by atoms with E-state index in [-0.39, 0.29) is 5.91 Å². The van der Waals surface area contributed by atoms with Gasteiger partial charge in [0.15, 0.2) is 0 Å².